The molecule has 0 bridgehead atoms. The van der Waals surface area contributed by atoms with Crippen LogP contribution in [0.1, 0.15) is 11.1 Å². The third-order valence-corrected chi connectivity index (χ3v) is 8.08. The molecule has 0 radical (unpaired) electrons. The summed E-state index contributed by atoms with van der Waals surface area (Å²) in [6.45, 7) is 5.01. The van der Waals surface area contributed by atoms with Crippen molar-refractivity contribution in [1.82, 2.24) is 9.21 Å². The molecular formula is C18H21ClN2O4S2. The summed E-state index contributed by atoms with van der Waals surface area (Å²) in [6, 6.07) is 8.91. The van der Waals surface area contributed by atoms with Crippen LogP contribution >= 0.6 is 22.9 Å². The second-order valence-corrected chi connectivity index (χ2v) is 10.2. The molecule has 1 amide bonds. The zero-order valence-electron chi connectivity index (χ0n) is 15.1. The van der Waals surface area contributed by atoms with Gasteiger partial charge in [0.2, 0.25) is 0 Å². The van der Waals surface area contributed by atoms with Crippen molar-refractivity contribution in [2.45, 2.75) is 18.1 Å². The smallest absolute Gasteiger partial charge is 0.260 e. The lowest BCUT2D eigenvalue weighted by molar-refractivity contribution is -0.134. The molecule has 1 aliphatic heterocycles. The number of carbonyl (C=O) groups is 1. The Hall–Kier alpha value is -1.61. The van der Waals surface area contributed by atoms with Crippen LogP contribution in [0.4, 0.5) is 0 Å². The van der Waals surface area contributed by atoms with Gasteiger partial charge in [0, 0.05) is 26.2 Å². The summed E-state index contributed by atoms with van der Waals surface area (Å²) >= 11 is 6.89. The van der Waals surface area contributed by atoms with E-state index in [1.54, 1.807) is 11.0 Å². The highest BCUT2D eigenvalue weighted by Gasteiger charge is 2.31. The molecule has 1 aromatic carbocycles. The number of para-hydroxylation sites is 1. The fraction of sp³-hybridized carbons (Fsp3) is 0.389. The van der Waals surface area contributed by atoms with E-state index in [1.165, 1.54) is 10.4 Å². The standard InChI is InChI=1S/C18H21ClN2O4S2/c1-13-4-3-5-14(2)18(13)25-12-16(22)20-8-10-21(11-9-20)27(23,24)17-7-6-15(19)26-17/h3-7H,8-12H2,1-2H3. The number of benzene rings is 1. The van der Waals surface area contributed by atoms with Gasteiger partial charge in [0.25, 0.3) is 15.9 Å². The SMILES string of the molecule is Cc1cccc(C)c1OCC(=O)N1CCN(S(=O)(=O)c2ccc(Cl)s2)CC1. The van der Waals surface area contributed by atoms with E-state index in [-0.39, 0.29) is 29.8 Å². The van der Waals surface area contributed by atoms with Crippen LogP contribution in [0.2, 0.25) is 4.34 Å². The third kappa shape index (κ3) is 4.45. The summed E-state index contributed by atoms with van der Waals surface area (Å²) in [5, 5.41) is 0. The zero-order valence-corrected chi connectivity index (χ0v) is 17.5. The van der Waals surface area contributed by atoms with E-state index in [4.69, 9.17) is 16.3 Å². The molecule has 1 saturated heterocycles. The van der Waals surface area contributed by atoms with Crippen molar-refractivity contribution in [3.05, 3.63) is 45.8 Å². The monoisotopic (exact) mass is 428 g/mol. The summed E-state index contributed by atoms with van der Waals surface area (Å²) in [6.07, 6.45) is 0. The van der Waals surface area contributed by atoms with Crippen LogP contribution in [0.5, 0.6) is 5.75 Å². The lowest BCUT2D eigenvalue weighted by Gasteiger charge is -2.33. The Balaban J connectivity index is 1.56. The number of thiophene rings is 1. The first-order chi connectivity index (χ1) is 12.8. The van der Waals surface area contributed by atoms with E-state index in [0.717, 1.165) is 28.2 Å². The molecule has 1 aromatic heterocycles. The lowest BCUT2D eigenvalue weighted by atomic mass is 10.1. The summed E-state index contributed by atoms with van der Waals surface area (Å²) < 4.78 is 33.0. The second kappa shape index (κ2) is 8.18. The first-order valence-corrected chi connectivity index (χ1v) is 11.1. The van der Waals surface area contributed by atoms with Crippen molar-refractivity contribution in [1.29, 1.82) is 0 Å². The predicted molar refractivity (Wildman–Crippen MR) is 106 cm³/mol. The summed E-state index contributed by atoms with van der Waals surface area (Å²) in [5.41, 5.74) is 1.96. The fourth-order valence-electron chi connectivity index (χ4n) is 2.99. The number of carbonyl (C=O) groups excluding carboxylic acids is 1. The minimum Gasteiger partial charge on any atom is -0.483 e. The zero-order chi connectivity index (χ0) is 19.6. The molecule has 1 fully saturated rings. The summed E-state index contributed by atoms with van der Waals surface area (Å²) in [5.74, 6) is 0.579. The Kier molecular flexibility index (Phi) is 6.10. The van der Waals surface area contributed by atoms with E-state index < -0.39 is 10.0 Å². The van der Waals surface area contributed by atoms with Gasteiger partial charge in [-0.15, -0.1) is 11.3 Å². The van der Waals surface area contributed by atoms with Crippen LogP contribution < -0.4 is 4.74 Å². The predicted octanol–water partition coefficient (Wildman–Crippen LogP) is 2.93. The maximum Gasteiger partial charge on any atom is 0.260 e. The Morgan fingerprint density at radius 3 is 2.30 bits per heavy atom. The largest absolute Gasteiger partial charge is 0.483 e. The van der Waals surface area contributed by atoms with Crippen LogP contribution in [0.3, 0.4) is 0 Å². The molecule has 3 rings (SSSR count). The molecule has 2 heterocycles. The van der Waals surface area contributed by atoms with Crippen LogP contribution in [-0.4, -0.2) is 56.3 Å². The number of sulfonamides is 1. The quantitative estimate of drug-likeness (QED) is 0.734. The normalized spacial score (nSPS) is 15.7. The average Bonchev–Trinajstić information content (AvgIpc) is 3.08. The van der Waals surface area contributed by atoms with Crippen LogP contribution in [0.25, 0.3) is 0 Å². The number of rotatable bonds is 5. The third-order valence-electron chi connectivity index (χ3n) is 4.48. The molecule has 2 aromatic rings. The van der Waals surface area contributed by atoms with Crippen LogP contribution in [0, 0.1) is 13.8 Å². The maximum absolute atomic E-state index is 12.6. The van der Waals surface area contributed by atoms with Crippen molar-refractivity contribution < 1.29 is 17.9 Å². The number of piperazine rings is 1. The number of aryl methyl sites for hydroxylation is 2. The highest BCUT2D eigenvalue weighted by atomic mass is 35.5. The first-order valence-electron chi connectivity index (χ1n) is 8.51. The van der Waals surface area contributed by atoms with Gasteiger partial charge in [-0.25, -0.2) is 8.42 Å². The van der Waals surface area contributed by atoms with E-state index in [1.807, 2.05) is 32.0 Å². The highest BCUT2D eigenvalue weighted by molar-refractivity contribution is 7.91. The summed E-state index contributed by atoms with van der Waals surface area (Å²) in [7, 11) is -3.56. The number of amides is 1. The van der Waals surface area contributed by atoms with Gasteiger partial charge in [0.15, 0.2) is 6.61 Å². The van der Waals surface area contributed by atoms with E-state index in [2.05, 4.69) is 0 Å². The molecule has 0 spiro atoms. The van der Waals surface area contributed by atoms with E-state index in [0.29, 0.717) is 17.4 Å². The van der Waals surface area contributed by atoms with Gasteiger partial charge in [0.05, 0.1) is 4.34 Å². The molecule has 1 aliphatic rings. The Bertz CT molecular complexity index is 914. The lowest BCUT2D eigenvalue weighted by Crippen LogP contribution is -2.51. The van der Waals surface area contributed by atoms with Crippen molar-refractivity contribution >= 4 is 38.9 Å². The minimum absolute atomic E-state index is 0.0566. The van der Waals surface area contributed by atoms with Gasteiger partial charge in [-0.3, -0.25) is 4.79 Å². The van der Waals surface area contributed by atoms with Gasteiger partial charge in [0.1, 0.15) is 9.96 Å². The number of hydrogen-bond donors (Lipinski definition) is 0. The Labute approximate surface area is 168 Å². The summed E-state index contributed by atoms with van der Waals surface area (Å²) in [4.78, 5) is 14.1. The van der Waals surface area contributed by atoms with Crippen molar-refractivity contribution in [3.63, 3.8) is 0 Å². The first kappa shape index (κ1) is 20.1. The molecule has 0 atom stereocenters. The van der Waals surface area contributed by atoms with E-state index >= 15 is 0 Å². The fourth-order valence-corrected chi connectivity index (χ4v) is 6.05. The van der Waals surface area contributed by atoms with Gasteiger partial charge in [-0.05, 0) is 37.1 Å². The second-order valence-electron chi connectivity index (χ2n) is 6.35. The van der Waals surface area contributed by atoms with Crippen LogP contribution in [-0.2, 0) is 14.8 Å². The number of hydrogen-bond acceptors (Lipinski definition) is 5. The molecule has 146 valence electrons. The maximum atomic E-state index is 12.6. The number of ether oxygens (including phenoxy) is 1. The molecule has 27 heavy (non-hydrogen) atoms. The van der Waals surface area contributed by atoms with Gasteiger partial charge in [-0.2, -0.15) is 4.31 Å². The van der Waals surface area contributed by atoms with Crippen molar-refractivity contribution in [3.8, 4) is 5.75 Å². The van der Waals surface area contributed by atoms with Crippen molar-refractivity contribution in [2.75, 3.05) is 32.8 Å². The molecule has 0 aliphatic carbocycles. The van der Waals surface area contributed by atoms with Gasteiger partial charge in [-0.1, -0.05) is 29.8 Å². The molecule has 9 heteroatoms. The molecule has 0 N–H and O–H groups in total. The van der Waals surface area contributed by atoms with E-state index in [9.17, 15) is 13.2 Å². The number of nitrogens with zero attached hydrogens (tertiary/aromatic N) is 2. The Morgan fingerprint density at radius 1 is 1.11 bits per heavy atom. The highest BCUT2D eigenvalue weighted by Crippen LogP contribution is 2.28. The minimum atomic E-state index is -3.56. The number of halogens is 1. The van der Waals surface area contributed by atoms with Crippen LogP contribution in [0.15, 0.2) is 34.5 Å². The molecule has 0 saturated carbocycles. The topological polar surface area (TPSA) is 66.9 Å². The van der Waals surface area contributed by atoms with Gasteiger partial charge < -0.3 is 9.64 Å². The average molecular weight is 429 g/mol. The molecule has 6 nitrogen and oxygen atoms in total. The molecule has 0 unspecified atom stereocenters. The van der Waals surface area contributed by atoms with Gasteiger partial charge >= 0.3 is 0 Å². The van der Waals surface area contributed by atoms with Crippen molar-refractivity contribution in [2.24, 2.45) is 0 Å². The molecular weight excluding hydrogens is 408 g/mol. The Morgan fingerprint density at radius 2 is 1.74 bits per heavy atom.